The van der Waals surface area contributed by atoms with E-state index in [4.69, 9.17) is 0 Å². The van der Waals surface area contributed by atoms with E-state index >= 15 is 0 Å². The van der Waals surface area contributed by atoms with E-state index in [2.05, 4.69) is 31.3 Å². The average molecular weight is 509 g/mol. The van der Waals surface area contributed by atoms with Crippen LogP contribution in [0, 0.1) is 35.5 Å². The minimum absolute atomic E-state index is 0.0968. The number of likely N-dealkylation sites (tertiary alicyclic amines) is 1. The van der Waals surface area contributed by atoms with Gasteiger partial charge in [-0.2, -0.15) is 0 Å². The molecule has 2 saturated carbocycles. The number of Topliss-reactive ketones (excluding diaryl/α,β-unsaturated/α-hetero) is 1. The largest absolute Gasteiger partial charge is 0.507 e. The highest BCUT2D eigenvalue weighted by molar-refractivity contribution is 6.27. The van der Waals surface area contributed by atoms with Crippen LogP contribution in [0.5, 0.6) is 0 Å². The van der Waals surface area contributed by atoms with Crippen LogP contribution in [0.2, 0.25) is 0 Å². The van der Waals surface area contributed by atoms with E-state index in [9.17, 15) is 24.6 Å². The van der Waals surface area contributed by atoms with Crippen molar-refractivity contribution in [1.82, 2.24) is 10.2 Å². The van der Waals surface area contributed by atoms with Gasteiger partial charge >= 0.3 is 0 Å². The van der Waals surface area contributed by atoms with Crippen molar-refractivity contribution >= 4 is 17.6 Å². The second-order valence-electron chi connectivity index (χ2n) is 11.1. The molecule has 2 bridgehead atoms. The van der Waals surface area contributed by atoms with E-state index in [0.717, 1.165) is 23.2 Å². The molecule has 2 aliphatic carbocycles. The number of ketones is 1. The molecule has 2 heterocycles. The van der Waals surface area contributed by atoms with Crippen LogP contribution >= 0.6 is 0 Å². The van der Waals surface area contributed by atoms with Gasteiger partial charge in [0.1, 0.15) is 17.4 Å². The summed E-state index contributed by atoms with van der Waals surface area (Å²) in [6.45, 7) is 4.84. The summed E-state index contributed by atoms with van der Waals surface area (Å²) >= 11 is 0. The number of hydrogen-bond acceptors (Lipinski definition) is 5. The molecular weight excluding hydrogens is 468 g/mol. The van der Waals surface area contributed by atoms with Gasteiger partial charge < -0.3 is 20.4 Å². The summed E-state index contributed by atoms with van der Waals surface area (Å²) in [6.07, 6.45) is 18.0. The lowest BCUT2D eigenvalue weighted by atomic mass is 9.78. The number of likely N-dealkylation sites (N-methyl/N-ethyl adjacent to an activating group) is 1. The first-order chi connectivity index (χ1) is 17.7. The molecule has 2 aliphatic heterocycles. The van der Waals surface area contributed by atoms with Crippen molar-refractivity contribution in [3.63, 3.8) is 0 Å². The summed E-state index contributed by atoms with van der Waals surface area (Å²) in [6, 6.07) is -1.10. The fourth-order valence-corrected chi connectivity index (χ4v) is 7.25. The highest BCUT2D eigenvalue weighted by Gasteiger charge is 2.50. The van der Waals surface area contributed by atoms with E-state index < -0.39 is 29.6 Å². The van der Waals surface area contributed by atoms with Crippen LogP contribution in [0.4, 0.5) is 0 Å². The number of aliphatic hydroxyl groups is 2. The Hall–Kier alpha value is -2.93. The third kappa shape index (κ3) is 5.52. The lowest BCUT2D eigenvalue weighted by Crippen LogP contribution is -2.43. The number of nitrogens with one attached hydrogen (secondary N) is 1. The second kappa shape index (κ2) is 11.6. The number of carbonyl (C=O) groups excluding carboxylic acids is 3. The normalized spacial score (nSPS) is 42.6. The molecular formula is C30H40N2O5. The number of carbonyl (C=O) groups is 3. The Labute approximate surface area is 219 Å². The fourth-order valence-electron chi connectivity index (χ4n) is 7.25. The molecule has 1 saturated heterocycles. The molecule has 2 amide bonds. The zero-order valence-corrected chi connectivity index (χ0v) is 22.0. The molecule has 8 atom stereocenters. The van der Waals surface area contributed by atoms with Crippen LogP contribution < -0.4 is 5.32 Å². The zero-order chi connectivity index (χ0) is 26.7. The van der Waals surface area contributed by atoms with Crippen LogP contribution in [0.25, 0.3) is 0 Å². The quantitative estimate of drug-likeness (QED) is 0.469. The summed E-state index contributed by atoms with van der Waals surface area (Å²) in [7, 11) is 1.43. The first kappa shape index (κ1) is 27.1. The fraction of sp³-hybridized carbons (Fsp3) is 0.567. The number of allylic oxidation sites excluding steroid dienone is 7. The molecule has 0 spiro atoms. The number of hydrogen-bond donors (Lipinski definition) is 3. The minimum atomic E-state index is -1.17. The molecule has 37 heavy (non-hydrogen) atoms. The Bertz CT molecular complexity index is 1050. The average Bonchev–Trinajstić information content (AvgIpc) is 3.43. The van der Waals surface area contributed by atoms with Gasteiger partial charge in [0.25, 0.3) is 5.91 Å². The molecule has 0 aromatic carbocycles. The lowest BCUT2D eigenvalue weighted by Gasteiger charge is -2.27. The SMILES string of the molecule is CCC1CC2CC3/C=C\C=C/C(=O)NCCC(O)C4C(=O)\C(=C(O)/C=C\C=C/CC3C2C1C)C(=O)N4C. The van der Waals surface area contributed by atoms with E-state index in [1.165, 1.54) is 38.5 Å². The van der Waals surface area contributed by atoms with E-state index in [0.29, 0.717) is 23.7 Å². The van der Waals surface area contributed by atoms with E-state index in [-0.39, 0.29) is 24.4 Å². The molecule has 200 valence electrons. The number of amides is 2. The van der Waals surface area contributed by atoms with Crippen molar-refractivity contribution in [3.8, 4) is 0 Å². The van der Waals surface area contributed by atoms with Crippen molar-refractivity contribution in [2.45, 2.75) is 58.1 Å². The number of nitrogens with zero attached hydrogens (tertiary/aromatic N) is 1. The van der Waals surface area contributed by atoms with E-state index in [1.807, 2.05) is 12.2 Å². The third-order valence-electron chi connectivity index (χ3n) is 9.10. The Kier molecular flexibility index (Phi) is 8.53. The van der Waals surface area contributed by atoms with Gasteiger partial charge in [0.15, 0.2) is 5.78 Å². The molecule has 8 unspecified atom stereocenters. The smallest absolute Gasteiger partial charge is 0.261 e. The molecule has 4 aliphatic rings. The summed E-state index contributed by atoms with van der Waals surface area (Å²) in [4.78, 5) is 39.0. The van der Waals surface area contributed by atoms with Crippen molar-refractivity contribution in [2.75, 3.05) is 13.6 Å². The van der Waals surface area contributed by atoms with Crippen molar-refractivity contribution in [2.24, 2.45) is 35.5 Å². The van der Waals surface area contributed by atoms with Crippen LogP contribution in [0.3, 0.4) is 0 Å². The Balaban J connectivity index is 1.60. The van der Waals surface area contributed by atoms with Crippen LogP contribution in [-0.4, -0.2) is 58.4 Å². The lowest BCUT2D eigenvalue weighted by molar-refractivity contribution is -0.128. The predicted octanol–water partition coefficient (Wildman–Crippen LogP) is 3.64. The van der Waals surface area contributed by atoms with Gasteiger partial charge in [-0.05, 0) is 67.3 Å². The molecule has 3 N–H and O–H groups in total. The highest BCUT2D eigenvalue weighted by Crippen LogP contribution is 2.57. The van der Waals surface area contributed by atoms with Gasteiger partial charge in [0, 0.05) is 19.7 Å². The Morgan fingerprint density at radius 3 is 2.59 bits per heavy atom. The number of rotatable bonds is 1. The molecule has 3 fully saturated rings. The number of fused-ring (bicyclic) bond motifs is 5. The van der Waals surface area contributed by atoms with Gasteiger partial charge in [-0.3, -0.25) is 14.4 Å². The Morgan fingerprint density at radius 2 is 1.84 bits per heavy atom. The second-order valence-corrected chi connectivity index (χ2v) is 11.1. The number of aliphatic hydroxyl groups excluding tert-OH is 2. The van der Waals surface area contributed by atoms with Gasteiger partial charge in [0.2, 0.25) is 5.91 Å². The molecule has 7 heteroatoms. The molecule has 0 radical (unpaired) electrons. The first-order valence-corrected chi connectivity index (χ1v) is 13.6. The maximum absolute atomic E-state index is 12.9. The highest BCUT2D eigenvalue weighted by atomic mass is 16.3. The van der Waals surface area contributed by atoms with Gasteiger partial charge in [-0.25, -0.2) is 0 Å². The Morgan fingerprint density at radius 1 is 1.08 bits per heavy atom. The summed E-state index contributed by atoms with van der Waals surface area (Å²) in [5.41, 5.74) is -0.313. The van der Waals surface area contributed by atoms with Crippen LogP contribution in [-0.2, 0) is 14.4 Å². The minimum Gasteiger partial charge on any atom is -0.507 e. The third-order valence-corrected chi connectivity index (χ3v) is 9.10. The maximum Gasteiger partial charge on any atom is 0.261 e. The monoisotopic (exact) mass is 508 g/mol. The maximum atomic E-state index is 12.9. The summed E-state index contributed by atoms with van der Waals surface area (Å²) in [5.74, 6) is 1.89. The zero-order valence-electron chi connectivity index (χ0n) is 22.0. The van der Waals surface area contributed by atoms with Crippen molar-refractivity contribution < 1.29 is 24.6 Å². The summed E-state index contributed by atoms with van der Waals surface area (Å²) in [5, 5.41) is 23.8. The standard InChI is InChI=1S/C30H40N2O5/c1-4-19-16-21-17-20-10-8-9-13-25(35)31-15-14-24(34)28-29(36)27(30(37)32(28)3)23(33)12-7-5-6-11-22(20)26(21)18(19)2/h5-10,12-13,18-22,24,26,28,33-34H,4,11,14-17H2,1-3H3,(H,31,35)/b6-5-,10-8-,12-7-,13-9-,27-23-. The molecule has 7 nitrogen and oxygen atoms in total. The van der Waals surface area contributed by atoms with Crippen LogP contribution in [0.1, 0.15) is 46.0 Å². The van der Waals surface area contributed by atoms with E-state index in [1.54, 1.807) is 12.2 Å². The first-order valence-electron chi connectivity index (χ1n) is 13.6. The van der Waals surface area contributed by atoms with Crippen molar-refractivity contribution in [1.29, 1.82) is 0 Å². The van der Waals surface area contributed by atoms with Crippen molar-refractivity contribution in [3.05, 3.63) is 59.9 Å². The molecule has 4 rings (SSSR count). The molecule has 0 aromatic heterocycles. The van der Waals surface area contributed by atoms with Gasteiger partial charge in [-0.15, -0.1) is 0 Å². The summed E-state index contributed by atoms with van der Waals surface area (Å²) < 4.78 is 0. The topological polar surface area (TPSA) is 107 Å². The predicted molar refractivity (Wildman–Crippen MR) is 142 cm³/mol. The van der Waals surface area contributed by atoms with Gasteiger partial charge in [0.05, 0.1) is 6.10 Å². The molecule has 0 aromatic rings. The van der Waals surface area contributed by atoms with Gasteiger partial charge in [-0.1, -0.05) is 56.7 Å². The van der Waals surface area contributed by atoms with Crippen LogP contribution in [0.15, 0.2) is 59.9 Å².